The van der Waals surface area contributed by atoms with Gasteiger partial charge < -0.3 is 15.0 Å². The van der Waals surface area contributed by atoms with E-state index in [4.69, 9.17) is 4.74 Å². The van der Waals surface area contributed by atoms with Crippen molar-refractivity contribution in [3.8, 4) is 0 Å². The Morgan fingerprint density at radius 1 is 1.30 bits per heavy atom. The second kappa shape index (κ2) is 7.19. The topological polar surface area (TPSA) is 67.3 Å². The minimum absolute atomic E-state index is 0.00369. The summed E-state index contributed by atoms with van der Waals surface area (Å²) >= 11 is 0. The summed E-state index contributed by atoms with van der Waals surface area (Å²) in [7, 11) is 1.53. The third-order valence-corrected chi connectivity index (χ3v) is 3.93. The highest BCUT2D eigenvalue weighted by Crippen LogP contribution is 2.23. The first-order chi connectivity index (χ1) is 11.3. The van der Waals surface area contributed by atoms with E-state index in [0.29, 0.717) is 19.6 Å². The van der Waals surface area contributed by atoms with Crippen LogP contribution in [0.4, 0.5) is 5.82 Å². The number of benzene rings is 1. The van der Waals surface area contributed by atoms with Crippen molar-refractivity contribution in [1.29, 1.82) is 0 Å². The Bertz CT molecular complexity index is 676. The summed E-state index contributed by atoms with van der Waals surface area (Å²) in [6, 6.07) is 10.1. The highest BCUT2D eigenvalue weighted by atomic mass is 16.5. The molecule has 2 heterocycles. The summed E-state index contributed by atoms with van der Waals surface area (Å²) in [5, 5.41) is 3.36. The number of amides is 1. The highest BCUT2D eigenvalue weighted by Gasteiger charge is 2.24. The Balaban J connectivity index is 1.74. The Morgan fingerprint density at radius 2 is 2.13 bits per heavy atom. The predicted octanol–water partition coefficient (Wildman–Crippen LogP) is 1.62. The molecule has 6 nitrogen and oxygen atoms in total. The molecule has 2 aromatic rings. The summed E-state index contributed by atoms with van der Waals surface area (Å²) in [5.41, 5.74) is 3.19. The zero-order valence-electron chi connectivity index (χ0n) is 13.2. The van der Waals surface area contributed by atoms with Crippen LogP contribution in [0.5, 0.6) is 0 Å². The van der Waals surface area contributed by atoms with E-state index >= 15 is 0 Å². The third-order valence-electron chi connectivity index (χ3n) is 3.93. The van der Waals surface area contributed by atoms with E-state index in [-0.39, 0.29) is 12.5 Å². The Hall–Kier alpha value is -2.47. The van der Waals surface area contributed by atoms with Crippen LogP contribution in [0.15, 0.2) is 36.7 Å². The quantitative estimate of drug-likeness (QED) is 0.909. The fourth-order valence-electron chi connectivity index (χ4n) is 2.70. The summed E-state index contributed by atoms with van der Waals surface area (Å²) in [4.78, 5) is 22.5. The lowest BCUT2D eigenvalue weighted by Gasteiger charge is -2.29. The van der Waals surface area contributed by atoms with Crippen LogP contribution in [-0.4, -0.2) is 41.0 Å². The van der Waals surface area contributed by atoms with E-state index in [2.05, 4.69) is 27.4 Å². The number of anilines is 1. The summed E-state index contributed by atoms with van der Waals surface area (Å²) in [6.07, 6.45) is 2.33. The lowest BCUT2D eigenvalue weighted by molar-refractivity contribution is -0.136. The smallest absolute Gasteiger partial charge is 0.248 e. The maximum absolute atomic E-state index is 12.0. The van der Waals surface area contributed by atoms with Gasteiger partial charge in [-0.25, -0.2) is 9.97 Å². The molecule has 3 rings (SSSR count). The van der Waals surface area contributed by atoms with Gasteiger partial charge in [-0.05, 0) is 5.56 Å². The number of nitrogens with zero attached hydrogens (tertiary/aromatic N) is 3. The highest BCUT2D eigenvalue weighted by molar-refractivity contribution is 5.78. The summed E-state index contributed by atoms with van der Waals surface area (Å²) < 4.78 is 4.94. The van der Waals surface area contributed by atoms with Gasteiger partial charge in [0.15, 0.2) is 0 Å². The molecular formula is C17H20N4O2. The first kappa shape index (κ1) is 15.4. The maximum atomic E-state index is 12.0. The molecular weight excluding hydrogens is 292 g/mol. The summed E-state index contributed by atoms with van der Waals surface area (Å²) in [6.45, 7) is 1.99. The van der Waals surface area contributed by atoms with Gasteiger partial charge in [-0.3, -0.25) is 4.79 Å². The molecule has 0 radical (unpaired) electrons. The molecule has 1 aromatic heterocycles. The van der Waals surface area contributed by atoms with Gasteiger partial charge in [-0.1, -0.05) is 30.3 Å². The molecule has 0 unspecified atom stereocenters. The first-order valence-electron chi connectivity index (χ1n) is 7.65. The number of aromatic nitrogens is 2. The van der Waals surface area contributed by atoms with Gasteiger partial charge in [0.05, 0.1) is 12.2 Å². The molecule has 0 saturated heterocycles. The van der Waals surface area contributed by atoms with Crippen LogP contribution in [0, 0.1) is 0 Å². The molecule has 0 saturated carbocycles. The molecule has 120 valence electrons. The van der Waals surface area contributed by atoms with Crippen molar-refractivity contribution >= 4 is 11.7 Å². The van der Waals surface area contributed by atoms with E-state index in [1.54, 1.807) is 11.2 Å². The van der Waals surface area contributed by atoms with Crippen LogP contribution < -0.4 is 5.32 Å². The van der Waals surface area contributed by atoms with Crippen LogP contribution in [0.3, 0.4) is 0 Å². The number of methoxy groups -OCH3 is 1. The number of carbonyl (C=O) groups excluding carboxylic acids is 1. The lowest BCUT2D eigenvalue weighted by atomic mass is 10.1. The number of fused-ring (bicyclic) bond motifs is 1. The van der Waals surface area contributed by atoms with Gasteiger partial charge in [0, 0.05) is 32.2 Å². The van der Waals surface area contributed by atoms with Gasteiger partial charge in [0.25, 0.3) is 0 Å². The Morgan fingerprint density at radius 3 is 2.91 bits per heavy atom. The van der Waals surface area contributed by atoms with Crippen LogP contribution in [-0.2, 0) is 29.0 Å². The van der Waals surface area contributed by atoms with Crippen LogP contribution >= 0.6 is 0 Å². The van der Waals surface area contributed by atoms with E-state index < -0.39 is 0 Å². The van der Waals surface area contributed by atoms with Gasteiger partial charge in [-0.2, -0.15) is 0 Å². The summed E-state index contributed by atoms with van der Waals surface area (Å²) in [5.74, 6) is 0.796. The maximum Gasteiger partial charge on any atom is 0.248 e. The Labute approximate surface area is 135 Å². The molecule has 0 fully saturated rings. The zero-order chi connectivity index (χ0) is 16.1. The minimum atomic E-state index is -0.00369. The van der Waals surface area contributed by atoms with Gasteiger partial charge in [0.1, 0.15) is 18.8 Å². The number of carbonyl (C=O) groups is 1. The molecule has 1 aliphatic rings. The van der Waals surface area contributed by atoms with Crippen molar-refractivity contribution in [3.63, 3.8) is 0 Å². The van der Waals surface area contributed by atoms with Crippen molar-refractivity contribution in [1.82, 2.24) is 14.9 Å². The average molecular weight is 312 g/mol. The number of hydrogen-bond acceptors (Lipinski definition) is 5. The first-order valence-corrected chi connectivity index (χ1v) is 7.65. The number of rotatable bonds is 5. The van der Waals surface area contributed by atoms with E-state index in [0.717, 1.165) is 23.5 Å². The SMILES string of the molecule is COCC(=O)N1CCc2ncnc(NCc3ccccc3)c2C1. The second-order valence-corrected chi connectivity index (χ2v) is 5.48. The fourth-order valence-corrected chi connectivity index (χ4v) is 2.70. The van der Waals surface area contributed by atoms with Gasteiger partial charge in [-0.15, -0.1) is 0 Å². The van der Waals surface area contributed by atoms with Crippen LogP contribution in [0.25, 0.3) is 0 Å². The number of nitrogens with one attached hydrogen (secondary N) is 1. The molecule has 1 N–H and O–H groups in total. The van der Waals surface area contributed by atoms with Gasteiger partial charge in [0.2, 0.25) is 5.91 Å². The molecule has 0 bridgehead atoms. The fraction of sp³-hybridized carbons (Fsp3) is 0.353. The number of ether oxygens (including phenoxy) is 1. The molecule has 1 amide bonds. The average Bonchev–Trinajstić information content (AvgIpc) is 2.60. The molecule has 0 atom stereocenters. The second-order valence-electron chi connectivity index (χ2n) is 5.48. The third kappa shape index (κ3) is 3.65. The van der Waals surface area contributed by atoms with E-state index in [1.165, 1.54) is 12.7 Å². The standard InChI is InChI=1S/C17H20N4O2/c1-23-11-16(22)21-8-7-15-14(10-21)17(20-12-19-15)18-9-13-5-3-2-4-6-13/h2-6,12H,7-11H2,1H3,(H,18,19,20). The van der Waals surface area contributed by atoms with E-state index in [9.17, 15) is 4.79 Å². The lowest BCUT2D eigenvalue weighted by Crippen LogP contribution is -2.38. The normalized spacial score (nSPS) is 13.5. The molecule has 0 spiro atoms. The molecule has 0 aliphatic carbocycles. The zero-order valence-corrected chi connectivity index (χ0v) is 13.2. The van der Waals surface area contributed by atoms with E-state index in [1.807, 2.05) is 18.2 Å². The largest absolute Gasteiger partial charge is 0.375 e. The molecule has 1 aliphatic heterocycles. The number of hydrogen-bond donors (Lipinski definition) is 1. The van der Waals surface area contributed by atoms with Crippen molar-refractivity contribution in [2.75, 3.05) is 25.6 Å². The minimum Gasteiger partial charge on any atom is -0.375 e. The molecule has 1 aromatic carbocycles. The van der Waals surface area contributed by atoms with Gasteiger partial charge >= 0.3 is 0 Å². The van der Waals surface area contributed by atoms with Crippen molar-refractivity contribution in [3.05, 3.63) is 53.5 Å². The molecule has 6 heteroatoms. The van der Waals surface area contributed by atoms with Crippen molar-refractivity contribution in [2.24, 2.45) is 0 Å². The monoisotopic (exact) mass is 312 g/mol. The van der Waals surface area contributed by atoms with Crippen molar-refractivity contribution < 1.29 is 9.53 Å². The Kier molecular flexibility index (Phi) is 4.83. The van der Waals surface area contributed by atoms with Crippen molar-refractivity contribution in [2.45, 2.75) is 19.5 Å². The van der Waals surface area contributed by atoms with Crippen LogP contribution in [0.1, 0.15) is 16.8 Å². The molecule has 23 heavy (non-hydrogen) atoms. The van der Waals surface area contributed by atoms with Crippen LogP contribution in [0.2, 0.25) is 0 Å². The predicted molar refractivity (Wildman–Crippen MR) is 86.8 cm³/mol.